The molecule has 8 nitrogen and oxygen atoms in total. The monoisotopic (exact) mass is 473 g/mol. The van der Waals surface area contributed by atoms with Crippen molar-refractivity contribution in [1.29, 1.82) is 0 Å². The van der Waals surface area contributed by atoms with Crippen LogP contribution in [-0.4, -0.2) is 60.9 Å². The minimum atomic E-state index is -3.95. The molecule has 3 rings (SSSR count). The quantitative estimate of drug-likeness (QED) is 0.720. The Balaban J connectivity index is 1.86. The Morgan fingerprint density at radius 2 is 1.76 bits per heavy atom. The van der Waals surface area contributed by atoms with Gasteiger partial charge in [0.05, 0.1) is 4.90 Å². The number of sulfonamides is 1. The van der Waals surface area contributed by atoms with E-state index in [9.17, 15) is 18.0 Å². The minimum absolute atomic E-state index is 0.0149. The zero-order valence-corrected chi connectivity index (χ0v) is 20.3. The fraction of sp³-hybridized carbons (Fsp3) is 0.417. The molecule has 0 radical (unpaired) electrons. The molecule has 0 aliphatic carbocycles. The van der Waals surface area contributed by atoms with E-state index in [-0.39, 0.29) is 31.1 Å². The summed E-state index contributed by atoms with van der Waals surface area (Å²) in [5.74, 6) is -0.469. The maximum Gasteiger partial charge on any atom is 0.410 e. The van der Waals surface area contributed by atoms with E-state index in [1.807, 2.05) is 43.3 Å². The highest BCUT2D eigenvalue weighted by Gasteiger charge is 2.42. The summed E-state index contributed by atoms with van der Waals surface area (Å²) in [4.78, 5) is 27.3. The maximum absolute atomic E-state index is 13.4. The van der Waals surface area contributed by atoms with Crippen molar-refractivity contribution in [3.8, 4) is 0 Å². The second-order valence-corrected chi connectivity index (χ2v) is 11.0. The van der Waals surface area contributed by atoms with Crippen LogP contribution in [0.2, 0.25) is 0 Å². The Hall–Kier alpha value is -2.91. The van der Waals surface area contributed by atoms with Crippen molar-refractivity contribution in [3.05, 3.63) is 65.7 Å². The molecule has 0 saturated carbocycles. The van der Waals surface area contributed by atoms with Crippen molar-refractivity contribution in [2.75, 3.05) is 19.6 Å². The van der Waals surface area contributed by atoms with E-state index >= 15 is 0 Å². The summed E-state index contributed by atoms with van der Waals surface area (Å²) >= 11 is 0. The van der Waals surface area contributed by atoms with Gasteiger partial charge in [-0.25, -0.2) is 13.2 Å². The summed E-state index contributed by atoms with van der Waals surface area (Å²) < 4.78 is 33.5. The smallest absolute Gasteiger partial charge is 0.410 e. The molecule has 33 heavy (non-hydrogen) atoms. The number of carbonyl (C=O) groups excluding carboxylic acids is 2. The van der Waals surface area contributed by atoms with Crippen LogP contribution >= 0.6 is 0 Å². The van der Waals surface area contributed by atoms with Crippen molar-refractivity contribution in [2.45, 2.75) is 50.8 Å². The molecule has 178 valence electrons. The van der Waals surface area contributed by atoms with Crippen molar-refractivity contribution in [2.24, 2.45) is 0 Å². The number of nitrogens with one attached hydrogen (secondary N) is 1. The first-order chi connectivity index (χ1) is 15.5. The molecule has 1 aliphatic rings. The number of benzene rings is 2. The first-order valence-electron chi connectivity index (χ1n) is 10.9. The average Bonchev–Trinajstić information content (AvgIpc) is 2.76. The van der Waals surface area contributed by atoms with Crippen LogP contribution in [0.25, 0.3) is 0 Å². The lowest BCUT2D eigenvalue weighted by molar-refractivity contribution is -0.126. The summed E-state index contributed by atoms with van der Waals surface area (Å²) in [5, 5.41) is 2.82. The Labute approximate surface area is 195 Å². The molecular formula is C24H31N3O5S. The van der Waals surface area contributed by atoms with Crippen LogP contribution in [-0.2, 0) is 26.1 Å². The second-order valence-electron chi connectivity index (χ2n) is 9.08. The van der Waals surface area contributed by atoms with E-state index < -0.39 is 33.7 Å². The second kappa shape index (κ2) is 9.93. The summed E-state index contributed by atoms with van der Waals surface area (Å²) in [5.41, 5.74) is 0.986. The number of carbonyl (C=O) groups is 2. The molecule has 0 spiro atoms. The van der Waals surface area contributed by atoms with E-state index in [4.69, 9.17) is 4.74 Å². The van der Waals surface area contributed by atoms with Crippen LogP contribution in [0.4, 0.5) is 4.79 Å². The van der Waals surface area contributed by atoms with Gasteiger partial charge in [-0.05, 0) is 51.0 Å². The first kappa shape index (κ1) is 24.7. The number of amides is 2. The maximum atomic E-state index is 13.4. The SMILES string of the molecule is Cc1cccc(S(=O)(=O)N2CCN(C(=O)OC(C)(C)C)CC2C(=O)NCc2ccccc2)c1. The van der Waals surface area contributed by atoms with Gasteiger partial charge in [0.25, 0.3) is 0 Å². The van der Waals surface area contributed by atoms with Gasteiger partial charge in [0.15, 0.2) is 0 Å². The lowest BCUT2D eigenvalue weighted by Gasteiger charge is -2.39. The Morgan fingerprint density at radius 3 is 2.39 bits per heavy atom. The number of hydrogen-bond donors (Lipinski definition) is 1. The van der Waals surface area contributed by atoms with Crippen LogP contribution < -0.4 is 5.32 Å². The molecule has 1 atom stereocenters. The zero-order valence-electron chi connectivity index (χ0n) is 19.4. The van der Waals surface area contributed by atoms with Crippen molar-refractivity contribution in [1.82, 2.24) is 14.5 Å². The number of aryl methyl sites for hydroxylation is 1. The number of piperazine rings is 1. The van der Waals surface area contributed by atoms with Crippen LogP contribution in [0.5, 0.6) is 0 Å². The van der Waals surface area contributed by atoms with Gasteiger partial charge in [0.2, 0.25) is 15.9 Å². The largest absolute Gasteiger partial charge is 0.444 e. The Kier molecular flexibility index (Phi) is 7.44. The number of rotatable bonds is 5. The van der Waals surface area contributed by atoms with Crippen LogP contribution in [0.3, 0.4) is 0 Å². The summed E-state index contributed by atoms with van der Waals surface area (Å²) in [6.07, 6.45) is -0.573. The van der Waals surface area contributed by atoms with Crippen LogP contribution in [0.15, 0.2) is 59.5 Å². The van der Waals surface area contributed by atoms with Gasteiger partial charge >= 0.3 is 6.09 Å². The van der Waals surface area contributed by atoms with Crippen LogP contribution in [0.1, 0.15) is 31.9 Å². The molecule has 2 aromatic rings. The molecule has 2 aromatic carbocycles. The standard InChI is InChI=1S/C24H31N3O5S/c1-18-9-8-12-20(15-18)33(30,31)27-14-13-26(23(29)32-24(2,3)4)17-21(27)22(28)25-16-19-10-6-5-7-11-19/h5-12,15,21H,13-14,16-17H2,1-4H3,(H,25,28). The fourth-order valence-electron chi connectivity index (χ4n) is 3.57. The van der Waals surface area contributed by atoms with Crippen LogP contribution in [0, 0.1) is 6.92 Å². The molecule has 9 heteroatoms. The third-order valence-corrected chi connectivity index (χ3v) is 7.10. The number of nitrogens with zero attached hydrogens (tertiary/aromatic N) is 2. The highest BCUT2D eigenvalue weighted by Crippen LogP contribution is 2.24. The van der Waals surface area contributed by atoms with E-state index in [2.05, 4.69) is 5.32 Å². The van der Waals surface area contributed by atoms with E-state index in [1.54, 1.807) is 32.9 Å². The molecule has 1 saturated heterocycles. The van der Waals surface area contributed by atoms with Crippen molar-refractivity contribution < 1.29 is 22.7 Å². The molecule has 0 aromatic heterocycles. The Morgan fingerprint density at radius 1 is 1.06 bits per heavy atom. The van der Waals surface area contributed by atoms with Crippen molar-refractivity contribution >= 4 is 22.0 Å². The van der Waals surface area contributed by atoms with E-state index in [1.165, 1.54) is 15.3 Å². The fourth-order valence-corrected chi connectivity index (χ4v) is 5.25. The molecule has 1 fully saturated rings. The van der Waals surface area contributed by atoms with E-state index in [0.717, 1.165) is 11.1 Å². The normalized spacial score (nSPS) is 17.5. The lowest BCUT2D eigenvalue weighted by atomic mass is 10.1. The molecule has 1 N–H and O–H groups in total. The summed E-state index contributed by atoms with van der Waals surface area (Å²) in [6, 6.07) is 14.8. The Bertz CT molecular complexity index is 1100. The minimum Gasteiger partial charge on any atom is -0.444 e. The van der Waals surface area contributed by atoms with Gasteiger partial charge in [-0.2, -0.15) is 4.31 Å². The zero-order chi connectivity index (χ0) is 24.2. The molecular weight excluding hydrogens is 442 g/mol. The van der Waals surface area contributed by atoms with Gasteiger partial charge in [-0.3, -0.25) is 4.79 Å². The molecule has 1 heterocycles. The number of hydrogen-bond acceptors (Lipinski definition) is 5. The van der Waals surface area contributed by atoms with Gasteiger partial charge in [-0.1, -0.05) is 42.5 Å². The molecule has 2 amide bonds. The predicted octanol–water partition coefficient (Wildman–Crippen LogP) is 2.92. The molecule has 1 aliphatic heterocycles. The van der Waals surface area contributed by atoms with Gasteiger partial charge in [0.1, 0.15) is 11.6 Å². The molecule has 1 unspecified atom stereocenters. The topological polar surface area (TPSA) is 96.0 Å². The third-order valence-electron chi connectivity index (χ3n) is 5.19. The highest BCUT2D eigenvalue weighted by molar-refractivity contribution is 7.89. The lowest BCUT2D eigenvalue weighted by Crippen LogP contribution is -2.61. The van der Waals surface area contributed by atoms with E-state index in [0.29, 0.717) is 0 Å². The van der Waals surface area contributed by atoms with Gasteiger partial charge in [0, 0.05) is 26.2 Å². The molecule has 0 bridgehead atoms. The van der Waals surface area contributed by atoms with Gasteiger partial charge < -0.3 is 15.0 Å². The van der Waals surface area contributed by atoms with Crippen molar-refractivity contribution in [3.63, 3.8) is 0 Å². The highest BCUT2D eigenvalue weighted by atomic mass is 32.2. The predicted molar refractivity (Wildman–Crippen MR) is 125 cm³/mol. The van der Waals surface area contributed by atoms with Gasteiger partial charge in [-0.15, -0.1) is 0 Å². The number of ether oxygens (including phenoxy) is 1. The third kappa shape index (κ3) is 6.33. The average molecular weight is 474 g/mol. The first-order valence-corrected chi connectivity index (χ1v) is 12.3. The summed E-state index contributed by atoms with van der Waals surface area (Å²) in [7, 11) is -3.95. The summed E-state index contributed by atoms with van der Waals surface area (Å²) in [6.45, 7) is 7.35.